The van der Waals surface area contributed by atoms with Crippen LogP contribution < -0.4 is 14.8 Å². The summed E-state index contributed by atoms with van der Waals surface area (Å²) in [5.74, 6) is 2.12. The number of anilines is 2. The number of aryl methyl sites for hydroxylation is 2. The molecular weight excluding hydrogens is 378 g/mol. The van der Waals surface area contributed by atoms with Crippen LogP contribution in [0.15, 0.2) is 66.7 Å². The predicted molar refractivity (Wildman–Crippen MR) is 115 cm³/mol. The molecule has 0 atom stereocenters. The van der Waals surface area contributed by atoms with Crippen LogP contribution in [0.2, 0.25) is 0 Å². The Bertz CT molecular complexity index is 1110. The lowest BCUT2D eigenvalue weighted by Gasteiger charge is -2.08. The number of rotatable bonds is 6. The summed E-state index contributed by atoms with van der Waals surface area (Å²) in [6.07, 6.45) is 0. The van der Waals surface area contributed by atoms with Crippen molar-refractivity contribution < 1.29 is 9.47 Å². The van der Waals surface area contributed by atoms with Gasteiger partial charge in [-0.25, -0.2) is 9.97 Å². The van der Waals surface area contributed by atoms with Gasteiger partial charge < -0.3 is 14.8 Å². The van der Waals surface area contributed by atoms with Crippen LogP contribution in [0.1, 0.15) is 11.4 Å². The van der Waals surface area contributed by atoms with Gasteiger partial charge in [-0.05, 0) is 80.6 Å². The second kappa shape index (κ2) is 8.57. The van der Waals surface area contributed by atoms with Crippen molar-refractivity contribution in [1.82, 2.24) is 20.2 Å². The second-order valence-electron chi connectivity index (χ2n) is 6.72. The maximum Gasteiger partial charge on any atom is 0.322 e. The molecule has 1 N–H and O–H groups in total. The van der Waals surface area contributed by atoms with E-state index in [1.54, 1.807) is 7.11 Å². The average molecular weight is 399 g/mol. The largest absolute Gasteiger partial charge is 0.497 e. The van der Waals surface area contributed by atoms with E-state index in [0.29, 0.717) is 17.6 Å². The Morgan fingerprint density at radius 3 is 2.00 bits per heavy atom. The molecule has 0 aliphatic carbocycles. The highest BCUT2D eigenvalue weighted by atomic mass is 16.5. The lowest BCUT2D eigenvalue weighted by atomic mass is 10.1. The molecule has 0 spiro atoms. The molecule has 2 aromatic heterocycles. The summed E-state index contributed by atoms with van der Waals surface area (Å²) in [7, 11) is 1.64. The number of nitrogens with one attached hydrogen (secondary N) is 1. The lowest BCUT2D eigenvalue weighted by molar-refractivity contribution is 0.415. The fourth-order valence-electron chi connectivity index (χ4n) is 2.91. The molecule has 30 heavy (non-hydrogen) atoms. The van der Waals surface area contributed by atoms with Crippen LogP contribution in [0, 0.1) is 13.8 Å². The number of hydrogen-bond acceptors (Lipinski definition) is 7. The summed E-state index contributed by atoms with van der Waals surface area (Å²) in [6.45, 7) is 3.82. The number of aromatic nitrogens is 4. The zero-order valence-electron chi connectivity index (χ0n) is 17.0. The topological polar surface area (TPSA) is 82.0 Å². The molecule has 0 fully saturated rings. The smallest absolute Gasteiger partial charge is 0.322 e. The maximum absolute atomic E-state index is 5.74. The van der Waals surface area contributed by atoms with Crippen LogP contribution in [0.4, 0.5) is 11.5 Å². The Morgan fingerprint density at radius 2 is 1.40 bits per heavy atom. The monoisotopic (exact) mass is 399 g/mol. The Kier molecular flexibility index (Phi) is 5.52. The van der Waals surface area contributed by atoms with Crippen LogP contribution in [0.3, 0.4) is 0 Å². The van der Waals surface area contributed by atoms with Crippen LogP contribution in [0.25, 0.3) is 11.3 Å². The molecule has 4 aromatic rings. The molecule has 0 radical (unpaired) electrons. The number of hydrogen-bond donors (Lipinski definition) is 1. The zero-order valence-corrected chi connectivity index (χ0v) is 17.0. The normalized spacial score (nSPS) is 10.5. The van der Waals surface area contributed by atoms with E-state index in [1.165, 1.54) is 0 Å². The summed E-state index contributed by atoms with van der Waals surface area (Å²) < 4.78 is 10.9. The van der Waals surface area contributed by atoms with Gasteiger partial charge in [-0.3, -0.25) is 0 Å². The van der Waals surface area contributed by atoms with Crippen molar-refractivity contribution >= 4 is 11.5 Å². The molecule has 0 bridgehead atoms. The third-order valence-electron chi connectivity index (χ3n) is 4.35. The van der Waals surface area contributed by atoms with Gasteiger partial charge in [-0.1, -0.05) is 0 Å². The van der Waals surface area contributed by atoms with Gasteiger partial charge in [0, 0.05) is 22.6 Å². The van der Waals surface area contributed by atoms with E-state index in [-0.39, 0.29) is 0 Å². The fourth-order valence-corrected chi connectivity index (χ4v) is 2.91. The molecule has 0 amide bonds. The van der Waals surface area contributed by atoms with Gasteiger partial charge in [0.25, 0.3) is 0 Å². The van der Waals surface area contributed by atoms with E-state index in [0.717, 1.165) is 34.1 Å². The van der Waals surface area contributed by atoms with E-state index < -0.39 is 0 Å². The van der Waals surface area contributed by atoms with Gasteiger partial charge in [0.2, 0.25) is 0 Å². The molecular formula is C23H21N5O2. The zero-order chi connectivity index (χ0) is 20.9. The summed E-state index contributed by atoms with van der Waals surface area (Å²) in [5.41, 5.74) is 4.38. The maximum atomic E-state index is 5.74. The first kappa shape index (κ1) is 19.3. The molecule has 0 aliphatic heterocycles. The van der Waals surface area contributed by atoms with Crippen LogP contribution >= 0.6 is 0 Å². The van der Waals surface area contributed by atoms with Gasteiger partial charge in [-0.2, -0.15) is 0 Å². The Labute approximate surface area is 174 Å². The van der Waals surface area contributed by atoms with Gasteiger partial charge in [0.15, 0.2) is 5.82 Å². The number of ether oxygens (including phenoxy) is 2. The van der Waals surface area contributed by atoms with E-state index in [9.17, 15) is 0 Å². The summed E-state index contributed by atoms with van der Waals surface area (Å²) in [6, 6.07) is 21.3. The molecule has 2 heterocycles. The summed E-state index contributed by atoms with van der Waals surface area (Å²) in [5, 5.41) is 11.8. The third kappa shape index (κ3) is 4.70. The predicted octanol–water partition coefficient (Wildman–Crippen LogP) is 5.09. The minimum Gasteiger partial charge on any atom is -0.497 e. The number of benzene rings is 2. The van der Waals surface area contributed by atoms with Gasteiger partial charge in [0.1, 0.15) is 11.5 Å². The van der Waals surface area contributed by atoms with E-state index >= 15 is 0 Å². The Hall–Kier alpha value is -4.00. The van der Waals surface area contributed by atoms with Gasteiger partial charge in [-0.15, -0.1) is 10.2 Å². The fraction of sp³-hybridized carbons (Fsp3) is 0.130. The highest BCUT2D eigenvalue weighted by molar-refractivity contribution is 5.62. The molecule has 0 aliphatic rings. The van der Waals surface area contributed by atoms with Crippen molar-refractivity contribution in [3.05, 3.63) is 78.1 Å². The lowest BCUT2D eigenvalue weighted by Crippen LogP contribution is -1.97. The van der Waals surface area contributed by atoms with Gasteiger partial charge in [0.05, 0.1) is 12.8 Å². The Balaban J connectivity index is 1.41. The highest BCUT2D eigenvalue weighted by Gasteiger charge is 2.05. The first-order valence-electron chi connectivity index (χ1n) is 9.44. The molecule has 7 heteroatoms. The van der Waals surface area contributed by atoms with Crippen molar-refractivity contribution in [2.45, 2.75) is 13.8 Å². The molecule has 150 valence electrons. The minimum atomic E-state index is 0.341. The summed E-state index contributed by atoms with van der Waals surface area (Å²) >= 11 is 0. The SMILES string of the molecule is COc1ccc(-c2ccc(Nc3ccc(Oc4nc(C)cc(C)n4)cc3)nn2)cc1. The second-order valence-corrected chi connectivity index (χ2v) is 6.72. The van der Waals surface area contributed by atoms with Crippen LogP contribution in [0.5, 0.6) is 17.5 Å². The number of nitrogens with zero attached hydrogens (tertiary/aromatic N) is 4. The van der Waals surface area contributed by atoms with Gasteiger partial charge >= 0.3 is 6.01 Å². The van der Waals surface area contributed by atoms with Crippen molar-refractivity contribution in [2.24, 2.45) is 0 Å². The quantitative estimate of drug-likeness (QED) is 0.483. The van der Waals surface area contributed by atoms with Crippen molar-refractivity contribution in [1.29, 1.82) is 0 Å². The van der Waals surface area contributed by atoms with Crippen molar-refractivity contribution in [2.75, 3.05) is 12.4 Å². The third-order valence-corrected chi connectivity index (χ3v) is 4.35. The highest BCUT2D eigenvalue weighted by Crippen LogP contribution is 2.24. The van der Waals surface area contributed by atoms with E-state index in [2.05, 4.69) is 25.5 Å². The molecule has 0 saturated carbocycles. The van der Waals surface area contributed by atoms with Crippen LogP contribution in [-0.2, 0) is 0 Å². The molecule has 7 nitrogen and oxygen atoms in total. The van der Waals surface area contributed by atoms with Crippen molar-refractivity contribution in [3.8, 4) is 28.8 Å². The molecule has 2 aromatic carbocycles. The summed E-state index contributed by atoms with van der Waals surface area (Å²) in [4.78, 5) is 8.58. The molecule has 0 unspecified atom stereocenters. The van der Waals surface area contributed by atoms with E-state index in [4.69, 9.17) is 9.47 Å². The molecule has 0 saturated heterocycles. The number of methoxy groups -OCH3 is 1. The van der Waals surface area contributed by atoms with Crippen LogP contribution in [-0.4, -0.2) is 27.3 Å². The Morgan fingerprint density at radius 1 is 0.733 bits per heavy atom. The van der Waals surface area contributed by atoms with Crippen molar-refractivity contribution in [3.63, 3.8) is 0 Å². The first-order chi connectivity index (χ1) is 14.6. The minimum absolute atomic E-state index is 0.341. The first-order valence-corrected chi connectivity index (χ1v) is 9.44. The van der Waals surface area contributed by atoms with E-state index in [1.807, 2.05) is 80.6 Å². The average Bonchev–Trinajstić information content (AvgIpc) is 2.75. The molecule has 4 rings (SSSR count). The standard InChI is InChI=1S/C23H21N5O2/c1-15-14-16(2)25-23(24-15)30-20-10-6-18(7-11-20)26-22-13-12-21(27-28-22)17-4-8-19(29-3)9-5-17/h4-14H,1-3H3,(H,26,28).